The molecule has 0 spiro atoms. The van der Waals surface area contributed by atoms with Crippen LogP contribution in [0.1, 0.15) is 40.1 Å². The first-order valence-electron chi connectivity index (χ1n) is 11.9. The fourth-order valence-corrected chi connectivity index (χ4v) is 4.69. The number of aryl methyl sites for hydroxylation is 5. The van der Waals surface area contributed by atoms with E-state index in [0.717, 1.165) is 39.2 Å². The van der Waals surface area contributed by atoms with E-state index in [4.69, 9.17) is 19.6 Å². The van der Waals surface area contributed by atoms with Gasteiger partial charge in [-0.3, -0.25) is 4.79 Å². The largest absolute Gasteiger partial charge is 0.486 e. The van der Waals surface area contributed by atoms with E-state index in [1.807, 2.05) is 30.7 Å². The van der Waals surface area contributed by atoms with E-state index in [1.165, 1.54) is 11.1 Å². The number of pyridine rings is 1. The number of rotatable bonds is 5. The van der Waals surface area contributed by atoms with Crippen LogP contribution < -0.4 is 14.8 Å². The van der Waals surface area contributed by atoms with Gasteiger partial charge in [0.2, 0.25) is 5.91 Å². The molecule has 1 aliphatic heterocycles. The number of aromatic nitrogens is 3. The van der Waals surface area contributed by atoms with Gasteiger partial charge in [-0.1, -0.05) is 6.07 Å². The molecule has 0 bridgehead atoms. The number of benzene rings is 2. The number of hydrogen-bond acceptors (Lipinski definition) is 5. The van der Waals surface area contributed by atoms with Crippen LogP contribution in [0.3, 0.4) is 0 Å². The third-order valence-corrected chi connectivity index (χ3v) is 6.74. The quantitative estimate of drug-likeness (QED) is 0.428. The number of fused-ring (bicyclic) bond motifs is 2. The van der Waals surface area contributed by atoms with E-state index in [0.29, 0.717) is 43.2 Å². The molecule has 0 unspecified atom stereocenters. The average molecular weight is 471 g/mol. The first kappa shape index (κ1) is 22.9. The van der Waals surface area contributed by atoms with Gasteiger partial charge in [-0.15, -0.1) is 0 Å². The molecule has 5 rings (SSSR count). The summed E-state index contributed by atoms with van der Waals surface area (Å²) in [5, 5.41) is 8.84. The monoisotopic (exact) mass is 470 g/mol. The summed E-state index contributed by atoms with van der Waals surface area (Å²) in [7, 11) is 0. The molecule has 7 heteroatoms. The zero-order chi connectivity index (χ0) is 24.7. The van der Waals surface area contributed by atoms with Crippen molar-refractivity contribution < 1.29 is 14.3 Å². The zero-order valence-corrected chi connectivity index (χ0v) is 20.9. The second-order valence-corrected chi connectivity index (χ2v) is 9.17. The van der Waals surface area contributed by atoms with Crippen molar-refractivity contribution in [3.8, 4) is 17.2 Å². The van der Waals surface area contributed by atoms with Crippen LogP contribution in [0.2, 0.25) is 0 Å². The lowest BCUT2D eigenvalue weighted by molar-refractivity contribution is -0.116. The molecule has 7 nitrogen and oxygen atoms in total. The highest BCUT2D eigenvalue weighted by Crippen LogP contribution is 2.33. The van der Waals surface area contributed by atoms with Gasteiger partial charge in [0.25, 0.3) is 0 Å². The van der Waals surface area contributed by atoms with Gasteiger partial charge in [0.1, 0.15) is 13.2 Å². The third-order valence-electron chi connectivity index (χ3n) is 6.74. The molecule has 0 atom stereocenters. The summed E-state index contributed by atoms with van der Waals surface area (Å²) in [6.07, 6.45) is 0.957. The molecule has 2 aromatic carbocycles. The van der Waals surface area contributed by atoms with E-state index >= 15 is 0 Å². The molecule has 0 saturated heterocycles. The molecule has 1 N–H and O–H groups in total. The van der Waals surface area contributed by atoms with Gasteiger partial charge in [0.15, 0.2) is 17.1 Å². The Bertz CT molecular complexity index is 1450. The number of carbonyl (C=O) groups excluding carboxylic acids is 1. The molecular formula is C28H30N4O3. The molecule has 1 amide bonds. The molecular weight excluding hydrogens is 440 g/mol. The standard InChI is InChI=1S/C28H30N4O3/c1-16-6-8-22(14-17(16)2)32-28-27(20(5)31-32)18(3)23(19(4)29-28)9-11-26(33)30-21-7-10-24-25(15-21)35-13-12-34-24/h6-8,10,14-15H,9,11-13H2,1-5H3,(H,30,33). The molecule has 0 fully saturated rings. The van der Waals surface area contributed by atoms with Crippen LogP contribution >= 0.6 is 0 Å². The van der Waals surface area contributed by atoms with Gasteiger partial charge in [0, 0.05) is 29.3 Å². The number of nitrogens with zero attached hydrogens (tertiary/aromatic N) is 3. The van der Waals surface area contributed by atoms with Crippen molar-refractivity contribution in [1.82, 2.24) is 14.8 Å². The summed E-state index contributed by atoms with van der Waals surface area (Å²) in [6.45, 7) is 11.4. The first-order chi connectivity index (χ1) is 16.8. The molecule has 0 radical (unpaired) electrons. The van der Waals surface area contributed by atoms with Crippen LogP contribution in [0, 0.1) is 34.6 Å². The maximum absolute atomic E-state index is 12.7. The minimum atomic E-state index is -0.0527. The van der Waals surface area contributed by atoms with Crippen molar-refractivity contribution in [3.05, 3.63) is 70.0 Å². The number of hydrogen-bond donors (Lipinski definition) is 1. The Balaban J connectivity index is 1.37. The molecule has 35 heavy (non-hydrogen) atoms. The third kappa shape index (κ3) is 4.34. The van der Waals surface area contributed by atoms with Gasteiger partial charge in [0.05, 0.1) is 11.4 Å². The first-order valence-corrected chi connectivity index (χ1v) is 11.9. The summed E-state index contributed by atoms with van der Waals surface area (Å²) in [5.74, 6) is 1.31. The van der Waals surface area contributed by atoms with E-state index in [1.54, 1.807) is 6.07 Å². The van der Waals surface area contributed by atoms with Crippen LogP contribution in [0.4, 0.5) is 5.69 Å². The number of carbonyl (C=O) groups is 1. The smallest absolute Gasteiger partial charge is 0.224 e. The SMILES string of the molecule is Cc1ccc(-n2nc(C)c3c(C)c(CCC(=O)Nc4ccc5c(c4)OCCO5)c(C)nc32)cc1C. The van der Waals surface area contributed by atoms with Crippen molar-refractivity contribution in [2.45, 2.75) is 47.5 Å². The summed E-state index contributed by atoms with van der Waals surface area (Å²) in [5.41, 5.74) is 9.11. The molecule has 4 aromatic rings. The van der Waals surface area contributed by atoms with E-state index in [-0.39, 0.29) is 5.91 Å². The summed E-state index contributed by atoms with van der Waals surface area (Å²) < 4.78 is 13.1. The van der Waals surface area contributed by atoms with Gasteiger partial charge < -0.3 is 14.8 Å². The highest BCUT2D eigenvalue weighted by atomic mass is 16.6. The Morgan fingerprint density at radius 3 is 2.49 bits per heavy atom. The van der Waals surface area contributed by atoms with Crippen LogP contribution in [-0.4, -0.2) is 33.9 Å². The van der Waals surface area contributed by atoms with Crippen molar-refractivity contribution in [2.24, 2.45) is 0 Å². The predicted octanol–water partition coefficient (Wildman–Crippen LogP) is 5.31. The molecule has 1 aliphatic rings. The highest BCUT2D eigenvalue weighted by molar-refractivity contribution is 5.91. The normalized spacial score (nSPS) is 12.7. The number of amides is 1. The van der Waals surface area contributed by atoms with E-state index < -0.39 is 0 Å². The second kappa shape index (κ2) is 9.06. The molecule has 180 valence electrons. The Hall–Kier alpha value is -3.87. The van der Waals surface area contributed by atoms with E-state index in [2.05, 4.69) is 44.3 Å². The van der Waals surface area contributed by atoms with Crippen LogP contribution in [0.25, 0.3) is 16.7 Å². The van der Waals surface area contributed by atoms with Crippen molar-refractivity contribution in [2.75, 3.05) is 18.5 Å². The van der Waals surface area contributed by atoms with E-state index in [9.17, 15) is 4.79 Å². The maximum Gasteiger partial charge on any atom is 0.224 e. The van der Waals surface area contributed by atoms with Gasteiger partial charge >= 0.3 is 0 Å². The average Bonchev–Trinajstić information content (AvgIpc) is 3.16. The van der Waals surface area contributed by atoms with Gasteiger partial charge in [-0.25, -0.2) is 9.67 Å². The molecule has 3 heterocycles. The fourth-order valence-electron chi connectivity index (χ4n) is 4.69. The lowest BCUT2D eigenvalue weighted by atomic mass is 9.99. The minimum absolute atomic E-state index is 0.0527. The van der Waals surface area contributed by atoms with Crippen LogP contribution in [0.5, 0.6) is 11.5 Å². The summed E-state index contributed by atoms with van der Waals surface area (Å²) >= 11 is 0. The Labute approximate surface area is 205 Å². The Kier molecular flexibility index (Phi) is 5.93. The minimum Gasteiger partial charge on any atom is -0.486 e. The van der Waals surface area contributed by atoms with Crippen molar-refractivity contribution in [1.29, 1.82) is 0 Å². The number of anilines is 1. The van der Waals surface area contributed by atoms with Crippen molar-refractivity contribution >= 4 is 22.6 Å². The topological polar surface area (TPSA) is 78.3 Å². The maximum atomic E-state index is 12.7. The lowest BCUT2D eigenvalue weighted by Crippen LogP contribution is -2.16. The summed E-state index contributed by atoms with van der Waals surface area (Å²) in [6, 6.07) is 11.8. The highest BCUT2D eigenvalue weighted by Gasteiger charge is 2.19. The molecule has 0 aliphatic carbocycles. The Morgan fingerprint density at radius 1 is 0.943 bits per heavy atom. The van der Waals surface area contributed by atoms with Crippen LogP contribution in [0.15, 0.2) is 36.4 Å². The van der Waals surface area contributed by atoms with Gasteiger partial charge in [-0.05, 0) is 87.6 Å². The lowest BCUT2D eigenvalue weighted by Gasteiger charge is -2.19. The van der Waals surface area contributed by atoms with Crippen LogP contribution in [-0.2, 0) is 11.2 Å². The molecule has 2 aromatic heterocycles. The molecule has 0 saturated carbocycles. The Morgan fingerprint density at radius 2 is 1.71 bits per heavy atom. The second-order valence-electron chi connectivity index (χ2n) is 9.17. The predicted molar refractivity (Wildman–Crippen MR) is 137 cm³/mol. The number of ether oxygens (including phenoxy) is 2. The summed E-state index contributed by atoms with van der Waals surface area (Å²) in [4.78, 5) is 17.7. The van der Waals surface area contributed by atoms with Gasteiger partial charge in [-0.2, -0.15) is 5.10 Å². The zero-order valence-electron chi connectivity index (χ0n) is 20.9. The number of nitrogens with one attached hydrogen (secondary N) is 1. The van der Waals surface area contributed by atoms with Crippen molar-refractivity contribution in [3.63, 3.8) is 0 Å². The fraction of sp³-hybridized carbons (Fsp3) is 0.321.